The number of fused-ring (bicyclic) bond motifs is 1. The molecule has 0 radical (unpaired) electrons. The molecule has 2 heterocycles. The number of benzene rings is 2. The fourth-order valence-electron chi connectivity index (χ4n) is 4.34. The van der Waals surface area contributed by atoms with Crippen molar-refractivity contribution in [2.75, 3.05) is 16.8 Å². The molecule has 43 heavy (non-hydrogen) atoms. The molecule has 1 unspecified atom stereocenters. The van der Waals surface area contributed by atoms with Crippen LogP contribution in [-0.2, 0) is 28.4 Å². The Morgan fingerprint density at radius 1 is 0.930 bits per heavy atom. The van der Waals surface area contributed by atoms with Gasteiger partial charge in [-0.1, -0.05) is 12.0 Å². The van der Waals surface area contributed by atoms with Crippen molar-refractivity contribution in [2.24, 2.45) is 0 Å². The van der Waals surface area contributed by atoms with Crippen LogP contribution < -0.4 is 10.2 Å². The smallest absolute Gasteiger partial charge is 0.301 e. The summed E-state index contributed by atoms with van der Waals surface area (Å²) in [6.45, 7) is -0.496. The Morgan fingerprint density at radius 3 is 2.26 bits per heavy atom. The highest BCUT2D eigenvalue weighted by Crippen LogP contribution is 2.43. The van der Waals surface area contributed by atoms with E-state index in [4.69, 9.17) is 0 Å². The topological polar surface area (TPSA) is 75.2 Å². The standard InChI is InChI=1S/C27H16F10N4O2/c28-16-5-9-21-14(12-16)3-7-19(18-8-4-15(25(29,30)31)13-20(18)26(32,33)34)23(42)41(21)11-1-2-17-6-10-22(40-39-17)38-24(43)27(35,36)37/h4-6,8-10,12-13,19H,3,7,11H2,(H,38,40,43). The van der Waals surface area contributed by atoms with E-state index in [1.54, 1.807) is 0 Å². The number of amides is 2. The Kier molecular flexibility index (Phi) is 8.39. The summed E-state index contributed by atoms with van der Waals surface area (Å²) >= 11 is 0. The van der Waals surface area contributed by atoms with E-state index in [1.165, 1.54) is 11.4 Å². The lowest BCUT2D eigenvalue weighted by Crippen LogP contribution is -2.35. The average molecular weight is 618 g/mol. The van der Waals surface area contributed by atoms with Gasteiger partial charge in [-0.25, -0.2) is 4.39 Å². The van der Waals surface area contributed by atoms with Crippen molar-refractivity contribution in [2.45, 2.75) is 37.3 Å². The van der Waals surface area contributed by atoms with Gasteiger partial charge in [-0.2, -0.15) is 39.5 Å². The van der Waals surface area contributed by atoms with Gasteiger partial charge in [0.1, 0.15) is 11.5 Å². The quantitative estimate of drug-likeness (QED) is 0.278. The fraction of sp³-hybridized carbons (Fsp3) is 0.259. The lowest BCUT2D eigenvalue weighted by molar-refractivity contribution is -0.167. The van der Waals surface area contributed by atoms with Crippen LogP contribution in [0.1, 0.15) is 40.3 Å². The first kappa shape index (κ1) is 31.3. The summed E-state index contributed by atoms with van der Waals surface area (Å²) in [4.78, 5) is 25.6. The molecule has 4 rings (SSSR count). The van der Waals surface area contributed by atoms with Crippen molar-refractivity contribution in [3.63, 3.8) is 0 Å². The summed E-state index contributed by atoms with van der Waals surface area (Å²) in [6.07, 6.45) is -15.9. The first-order valence-electron chi connectivity index (χ1n) is 12.0. The van der Waals surface area contributed by atoms with Gasteiger partial charge in [0.2, 0.25) is 5.91 Å². The number of aromatic nitrogens is 2. The maximum absolute atomic E-state index is 14.0. The van der Waals surface area contributed by atoms with E-state index in [-0.39, 0.29) is 35.9 Å². The van der Waals surface area contributed by atoms with Crippen LogP contribution in [0.25, 0.3) is 0 Å². The van der Waals surface area contributed by atoms with Crippen LogP contribution in [0.5, 0.6) is 0 Å². The maximum Gasteiger partial charge on any atom is 0.471 e. The number of carbonyl (C=O) groups is 2. The third-order valence-electron chi connectivity index (χ3n) is 6.28. The van der Waals surface area contributed by atoms with Crippen LogP contribution in [-0.4, -0.2) is 34.7 Å². The second-order valence-corrected chi connectivity index (χ2v) is 9.14. The highest BCUT2D eigenvalue weighted by molar-refractivity contribution is 6.00. The third-order valence-corrected chi connectivity index (χ3v) is 6.28. The molecular formula is C27H16F10N4O2. The van der Waals surface area contributed by atoms with Gasteiger partial charge in [0.25, 0.3) is 0 Å². The summed E-state index contributed by atoms with van der Waals surface area (Å²) < 4.78 is 132. The van der Waals surface area contributed by atoms with Crippen LogP contribution in [0.2, 0.25) is 0 Å². The molecule has 226 valence electrons. The first-order valence-corrected chi connectivity index (χ1v) is 12.0. The Balaban J connectivity index is 1.67. The van der Waals surface area contributed by atoms with E-state index in [0.29, 0.717) is 12.1 Å². The molecule has 16 heteroatoms. The van der Waals surface area contributed by atoms with Crippen molar-refractivity contribution in [3.8, 4) is 11.8 Å². The van der Waals surface area contributed by atoms with E-state index >= 15 is 0 Å². The molecule has 1 atom stereocenters. The van der Waals surface area contributed by atoms with Gasteiger partial charge in [0, 0.05) is 5.69 Å². The SMILES string of the molecule is O=C1C(c2ccc(C(F)(F)F)cc2C(F)(F)F)CCc2cc(F)ccc2N1CC#Cc1ccc(NC(=O)C(F)(F)F)nn1. The monoisotopic (exact) mass is 618 g/mol. The van der Waals surface area contributed by atoms with Gasteiger partial charge in [-0.05, 0) is 72.4 Å². The third kappa shape index (κ3) is 7.22. The predicted molar refractivity (Wildman–Crippen MR) is 130 cm³/mol. The summed E-state index contributed by atoms with van der Waals surface area (Å²) in [5.74, 6) is -1.04. The Labute approximate surface area is 235 Å². The molecule has 6 nitrogen and oxygen atoms in total. The Bertz CT molecular complexity index is 1600. The normalized spacial score (nSPS) is 15.7. The largest absolute Gasteiger partial charge is 0.471 e. The van der Waals surface area contributed by atoms with Gasteiger partial charge in [0.15, 0.2) is 5.82 Å². The van der Waals surface area contributed by atoms with E-state index in [9.17, 15) is 53.5 Å². The number of carbonyl (C=O) groups excluding carboxylic acids is 2. The number of hydrogen-bond acceptors (Lipinski definition) is 4. The van der Waals surface area contributed by atoms with Gasteiger partial charge >= 0.3 is 24.4 Å². The molecule has 2 aromatic carbocycles. The molecule has 1 N–H and O–H groups in total. The number of alkyl halides is 9. The van der Waals surface area contributed by atoms with Gasteiger partial charge in [-0.15, -0.1) is 10.2 Å². The second kappa shape index (κ2) is 11.5. The van der Waals surface area contributed by atoms with Crippen LogP contribution in [0, 0.1) is 17.7 Å². The summed E-state index contributed by atoms with van der Waals surface area (Å²) in [7, 11) is 0. The van der Waals surface area contributed by atoms with Crippen LogP contribution >= 0.6 is 0 Å². The number of hydrogen-bond donors (Lipinski definition) is 1. The number of rotatable bonds is 3. The zero-order chi connectivity index (χ0) is 31.7. The number of halogens is 10. The van der Waals surface area contributed by atoms with Crippen molar-refractivity contribution in [3.05, 3.63) is 82.3 Å². The molecule has 0 bridgehead atoms. The fourth-order valence-corrected chi connectivity index (χ4v) is 4.34. The lowest BCUT2D eigenvalue weighted by Gasteiger charge is -2.26. The highest BCUT2D eigenvalue weighted by Gasteiger charge is 2.42. The number of nitrogens with one attached hydrogen (secondary N) is 1. The molecule has 1 aromatic heterocycles. The van der Waals surface area contributed by atoms with E-state index in [1.807, 2.05) is 0 Å². The minimum atomic E-state index is -5.24. The van der Waals surface area contributed by atoms with Gasteiger partial charge in [0.05, 0.1) is 23.6 Å². The van der Waals surface area contributed by atoms with Crippen molar-refractivity contribution in [1.29, 1.82) is 0 Å². The molecule has 0 aliphatic carbocycles. The van der Waals surface area contributed by atoms with E-state index < -0.39 is 71.1 Å². The summed E-state index contributed by atoms with van der Waals surface area (Å²) in [6, 6.07) is 6.33. The average Bonchev–Trinajstić information content (AvgIpc) is 3.03. The lowest BCUT2D eigenvalue weighted by atomic mass is 9.88. The summed E-state index contributed by atoms with van der Waals surface area (Å²) in [5.41, 5.74) is -3.66. The van der Waals surface area contributed by atoms with Crippen molar-refractivity contribution in [1.82, 2.24) is 10.2 Å². The molecule has 2 amide bonds. The molecule has 0 fully saturated rings. The minimum Gasteiger partial charge on any atom is -0.301 e. The van der Waals surface area contributed by atoms with E-state index in [2.05, 4.69) is 22.0 Å². The molecule has 0 saturated heterocycles. The molecule has 3 aromatic rings. The maximum atomic E-state index is 14.0. The second-order valence-electron chi connectivity index (χ2n) is 9.14. The predicted octanol–water partition coefficient (Wildman–Crippen LogP) is 6.27. The Hall–Kier alpha value is -4.68. The molecule has 1 aliphatic rings. The van der Waals surface area contributed by atoms with Gasteiger partial charge < -0.3 is 5.32 Å². The van der Waals surface area contributed by atoms with E-state index in [0.717, 1.165) is 29.2 Å². The number of aryl methyl sites for hydroxylation is 1. The minimum absolute atomic E-state index is 0.0655. The highest BCUT2D eigenvalue weighted by atomic mass is 19.4. The van der Waals surface area contributed by atoms with Gasteiger partial charge in [-0.3, -0.25) is 14.5 Å². The van der Waals surface area contributed by atoms with Crippen LogP contribution in [0.3, 0.4) is 0 Å². The van der Waals surface area contributed by atoms with Crippen molar-refractivity contribution >= 4 is 23.3 Å². The molecule has 0 spiro atoms. The number of nitrogens with zero attached hydrogens (tertiary/aromatic N) is 3. The first-order chi connectivity index (χ1) is 19.9. The van der Waals surface area contributed by atoms with Crippen molar-refractivity contribution < 1.29 is 53.5 Å². The summed E-state index contributed by atoms with van der Waals surface area (Å²) in [5, 5.41) is 8.41. The van der Waals surface area contributed by atoms with Crippen LogP contribution in [0.4, 0.5) is 55.4 Å². The number of anilines is 2. The van der Waals surface area contributed by atoms with Crippen LogP contribution in [0.15, 0.2) is 48.5 Å². The Morgan fingerprint density at radius 2 is 1.65 bits per heavy atom. The zero-order valence-corrected chi connectivity index (χ0v) is 21.3. The molecule has 0 saturated carbocycles. The zero-order valence-electron chi connectivity index (χ0n) is 21.3. The molecule has 1 aliphatic heterocycles. The molecular weight excluding hydrogens is 602 g/mol.